The molecule has 18 heavy (non-hydrogen) atoms. The largest absolute Gasteiger partial charge is 0.369 e. The molecule has 5 heteroatoms. The van der Waals surface area contributed by atoms with E-state index in [2.05, 4.69) is 31.2 Å². The second-order valence-corrected chi connectivity index (χ2v) is 6.01. The normalized spacial score (nSPS) is 35.9. The molecule has 2 aliphatic rings. The van der Waals surface area contributed by atoms with E-state index in [1.165, 1.54) is 0 Å². The predicted molar refractivity (Wildman–Crippen MR) is 66.4 cm³/mol. The van der Waals surface area contributed by atoms with Gasteiger partial charge in [-0.05, 0) is 31.1 Å². The van der Waals surface area contributed by atoms with E-state index < -0.39 is 0 Å². The van der Waals surface area contributed by atoms with Crippen LogP contribution in [0.2, 0.25) is 0 Å². The molecule has 0 aromatic carbocycles. The van der Waals surface area contributed by atoms with Gasteiger partial charge in [0.2, 0.25) is 5.91 Å². The van der Waals surface area contributed by atoms with Gasteiger partial charge in [0.1, 0.15) is 0 Å². The SMILES string of the molecule is CC(C)C1CCC(C)(C2=CNOO2)CC1C(N)=O. The van der Waals surface area contributed by atoms with Crippen LogP contribution in [0.5, 0.6) is 0 Å². The van der Waals surface area contributed by atoms with E-state index in [4.69, 9.17) is 10.6 Å². The number of hydrogen-bond donors (Lipinski definition) is 2. The maximum Gasteiger partial charge on any atom is 0.220 e. The number of allylic oxidation sites excluding steroid dienone is 1. The maximum atomic E-state index is 11.7. The molecule has 1 aliphatic heterocycles. The van der Waals surface area contributed by atoms with Gasteiger partial charge in [-0.1, -0.05) is 25.8 Å². The van der Waals surface area contributed by atoms with Crippen molar-refractivity contribution in [2.75, 3.05) is 0 Å². The number of amides is 1. The topological polar surface area (TPSA) is 73.6 Å². The Hall–Kier alpha value is -1.23. The van der Waals surface area contributed by atoms with Crippen molar-refractivity contribution < 1.29 is 14.7 Å². The van der Waals surface area contributed by atoms with Gasteiger partial charge < -0.3 is 10.6 Å². The lowest BCUT2D eigenvalue weighted by molar-refractivity contribution is -0.285. The molecule has 1 aliphatic carbocycles. The molecule has 0 radical (unpaired) electrons. The first-order valence-electron chi connectivity index (χ1n) is 6.53. The number of nitrogens with two attached hydrogens (primary N) is 1. The molecule has 5 nitrogen and oxygen atoms in total. The molecular weight excluding hydrogens is 232 g/mol. The van der Waals surface area contributed by atoms with Gasteiger partial charge >= 0.3 is 0 Å². The van der Waals surface area contributed by atoms with Gasteiger partial charge in [0, 0.05) is 11.3 Å². The van der Waals surface area contributed by atoms with E-state index >= 15 is 0 Å². The lowest BCUT2D eigenvalue weighted by Crippen LogP contribution is -2.42. The number of hydroxylamine groups is 1. The number of primary amides is 1. The van der Waals surface area contributed by atoms with E-state index in [-0.39, 0.29) is 17.2 Å². The van der Waals surface area contributed by atoms with Crippen molar-refractivity contribution in [1.82, 2.24) is 5.48 Å². The maximum absolute atomic E-state index is 11.7. The average molecular weight is 254 g/mol. The van der Waals surface area contributed by atoms with Crippen molar-refractivity contribution in [2.45, 2.75) is 40.0 Å². The van der Waals surface area contributed by atoms with Gasteiger partial charge in [-0.3, -0.25) is 4.79 Å². The van der Waals surface area contributed by atoms with Crippen LogP contribution in [0.1, 0.15) is 40.0 Å². The number of hydrogen-bond acceptors (Lipinski definition) is 4. The molecule has 1 heterocycles. The minimum atomic E-state index is -0.202. The fourth-order valence-corrected chi connectivity index (χ4v) is 3.20. The second kappa shape index (κ2) is 4.80. The Morgan fingerprint density at radius 3 is 2.83 bits per heavy atom. The molecular formula is C13H22N2O3. The van der Waals surface area contributed by atoms with Crippen molar-refractivity contribution in [2.24, 2.45) is 28.9 Å². The Kier molecular flexibility index (Phi) is 3.52. The van der Waals surface area contributed by atoms with Crippen molar-refractivity contribution in [3.8, 4) is 0 Å². The first-order valence-corrected chi connectivity index (χ1v) is 6.53. The van der Waals surface area contributed by atoms with Crippen molar-refractivity contribution >= 4 is 5.91 Å². The van der Waals surface area contributed by atoms with Crippen LogP contribution in [0.25, 0.3) is 0 Å². The summed E-state index contributed by atoms with van der Waals surface area (Å²) in [6.45, 7) is 6.40. The summed E-state index contributed by atoms with van der Waals surface area (Å²) in [6, 6.07) is 0. The molecule has 3 atom stereocenters. The quantitative estimate of drug-likeness (QED) is 0.754. The van der Waals surface area contributed by atoms with Crippen LogP contribution in [0, 0.1) is 23.2 Å². The Bertz CT molecular complexity index is 367. The van der Waals surface area contributed by atoms with Gasteiger partial charge in [0.25, 0.3) is 0 Å². The molecule has 1 amide bonds. The van der Waals surface area contributed by atoms with E-state index in [0.29, 0.717) is 11.8 Å². The summed E-state index contributed by atoms with van der Waals surface area (Å²) in [5, 5.41) is 0. The average Bonchev–Trinajstić information content (AvgIpc) is 2.82. The highest BCUT2D eigenvalue weighted by Crippen LogP contribution is 2.49. The molecule has 0 aromatic rings. The summed E-state index contributed by atoms with van der Waals surface area (Å²) >= 11 is 0. The summed E-state index contributed by atoms with van der Waals surface area (Å²) in [5.41, 5.74) is 7.97. The number of carbonyl (C=O) groups excluding carboxylic acids is 1. The van der Waals surface area contributed by atoms with Gasteiger partial charge in [-0.2, -0.15) is 0 Å². The Morgan fingerprint density at radius 1 is 1.61 bits per heavy atom. The highest BCUT2D eigenvalue weighted by atomic mass is 17.3. The van der Waals surface area contributed by atoms with Crippen LogP contribution >= 0.6 is 0 Å². The summed E-state index contributed by atoms with van der Waals surface area (Å²) in [6.07, 6.45) is 4.41. The van der Waals surface area contributed by atoms with Crippen molar-refractivity contribution in [3.63, 3.8) is 0 Å². The van der Waals surface area contributed by atoms with E-state index in [9.17, 15) is 4.79 Å². The van der Waals surface area contributed by atoms with Gasteiger partial charge in [-0.25, -0.2) is 5.48 Å². The van der Waals surface area contributed by atoms with Crippen LogP contribution < -0.4 is 11.2 Å². The molecule has 3 unspecified atom stereocenters. The fraction of sp³-hybridized carbons (Fsp3) is 0.769. The van der Waals surface area contributed by atoms with Gasteiger partial charge in [0.15, 0.2) is 5.76 Å². The second-order valence-electron chi connectivity index (χ2n) is 6.01. The van der Waals surface area contributed by atoms with Crippen LogP contribution in [-0.2, 0) is 14.7 Å². The van der Waals surface area contributed by atoms with Crippen LogP contribution in [0.4, 0.5) is 0 Å². The third kappa shape index (κ3) is 2.32. The van der Waals surface area contributed by atoms with E-state index in [1.807, 2.05) is 0 Å². The number of carbonyl (C=O) groups is 1. The Morgan fingerprint density at radius 2 is 2.33 bits per heavy atom. The first kappa shape index (κ1) is 13.2. The predicted octanol–water partition coefficient (Wildman–Crippen LogP) is 1.86. The molecule has 0 bridgehead atoms. The third-order valence-electron chi connectivity index (χ3n) is 4.40. The molecule has 1 saturated carbocycles. The zero-order valence-electron chi connectivity index (χ0n) is 11.2. The monoisotopic (exact) mass is 254 g/mol. The molecule has 3 N–H and O–H groups in total. The van der Waals surface area contributed by atoms with Crippen LogP contribution in [0.3, 0.4) is 0 Å². The standard InChI is InChI=1S/C13H22N2O3/c1-8(2)9-4-5-13(3,6-10(9)12(14)16)11-7-15-18-17-11/h7-10,15H,4-6H2,1-3H3,(H2,14,16). The third-order valence-corrected chi connectivity index (χ3v) is 4.40. The zero-order valence-corrected chi connectivity index (χ0v) is 11.2. The van der Waals surface area contributed by atoms with Gasteiger partial charge in [0.05, 0.1) is 6.20 Å². The summed E-state index contributed by atoms with van der Waals surface area (Å²) in [7, 11) is 0. The number of nitrogens with one attached hydrogen (secondary N) is 1. The smallest absolute Gasteiger partial charge is 0.220 e. The van der Waals surface area contributed by atoms with Crippen LogP contribution in [-0.4, -0.2) is 5.91 Å². The fourth-order valence-electron chi connectivity index (χ4n) is 3.20. The Balaban J connectivity index is 2.17. The lowest BCUT2D eigenvalue weighted by atomic mass is 9.62. The van der Waals surface area contributed by atoms with E-state index in [0.717, 1.165) is 25.0 Å². The summed E-state index contributed by atoms with van der Waals surface area (Å²) < 4.78 is 0. The van der Waals surface area contributed by atoms with Gasteiger partial charge in [-0.15, -0.1) is 0 Å². The highest BCUT2D eigenvalue weighted by molar-refractivity contribution is 5.77. The first-order chi connectivity index (χ1) is 8.44. The van der Waals surface area contributed by atoms with Crippen molar-refractivity contribution in [1.29, 1.82) is 0 Å². The molecule has 2 rings (SSSR count). The summed E-state index contributed by atoms with van der Waals surface area (Å²) in [5.74, 6) is 1.31. The van der Waals surface area contributed by atoms with Crippen molar-refractivity contribution in [3.05, 3.63) is 12.0 Å². The summed E-state index contributed by atoms with van der Waals surface area (Å²) in [4.78, 5) is 21.5. The van der Waals surface area contributed by atoms with E-state index in [1.54, 1.807) is 6.20 Å². The minimum absolute atomic E-state index is 0.0890. The highest BCUT2D eigenvalue weighted by Gasteiger charge is 2.45. The molecule has 0 spiro atoms. The lowest BCUT2D eigenvalue weighted by Gasteiger charge is -2.42. The molecule has 1 fully saturated rings. The zero-order chi connectivity index (χ0) is 13.3. The molecule has 102 valence electrons. The van der Waals surface area contributed by atoms with Crippen LogP contribution in [0.15, 0.2) is 12.0 Å². The minimum Gasteiger partial charge on any atom is -0.369 e. The number of rotatable bonds is 3. The molecule has 0 aromatic heterocycles. The Labute approximate surface area is 108 Å². The molecule has 0 saturated heterocycles.